The number of benzene rings is 1. The number of nitrogens with zero attached hydrogens (tertiary/aromatic N) is 1. The van der Waals surface area contributed by atoms with E-state index in [1.807, 2.05) is 35.8 Å². The summed E-state index contributed by atoms with van der Waals surface area (Å²) in [6, 6.07) is 6.86. The van der Waals surface area contributed by atoms with Crippen molar-refractivity contribution in [2.45, 2.75) is 52.8 Å². The van der Waals surface area contributed by atoms with Crippen LogP contribution in [-0.4, -0.2) is 34.1 Å². The Labute approximate surface area is 152 Å². The highest BCUT2D eigenvalue weighted by molar-refractivity contribution is 6.05. The fourth-order valence-electron chi connectivity index (χ4n) is 2.53. The molecule has 1 aromatic heterocycles. The number of hydrogen-bond donors (Lipinski definition) is 2. The molecule has 7 heteroatoms. The number of rotatable bonds is 4. The summed E-state index contributed by atoms with van der Waals surface area (Å²) in [4.78, 5) is 36.3. The van der Waals surface area contributed by atoms with Gasteiger partial charge in [0.1, 0.15) is 0 Å². The lowest BCUT2D eigenvalue weighted by atomic mass is 10.1. The van der Waals surface area contributed by atoms with Gasteiger partial charge in [-0.3, -0.25) is 10.1 Å². The minimum Gasteiger partial charge on any atom is -0.449 e. The van der Waals surface area contributed by atoms with Crippen molar-refractivity contribution < 1.29 is 19.1 Å². The summed E-state index contributed by atoms with van der Waals surface area (Å²) in [6.07, 6.45) is 0.612. The van der Waals surface area contributed by atoms with E-state index in [-0.39, 0.29) is 0 Å². The Bertz CT molecular complexity index is 833. The highest BCUT2D eigenvalue weighted by atomic mass is 16.5. The molecular weight excluding hydrogens is 334 g/mol. The second kappa shape index (κ2) is 7.59. The minimum atomic E-state index is -1.10. The molecule has 1 unspecified atom stereocenters. The molecule has 2 rings (SSSR count). The summed E-state index contributed by atoms with van der Waals surface area (Å²) in [6.45, 7) is 9.50. The van der Waals surface area contributed by atoms with E-state index in [1.165, 1.54) is 6.92 Å². The lowest BCUT2D eigenvalue weighted by Crippen LogP contribution is -2.50. The normalized spacial score (nSPS) is 12.5. The van der Waals surface area contributed by atoms with Crippen LogP contribution in [0.25, 0.3) is 10.9 Å². The standard InChI is InChI=1S/C19H25N3O4/c1-6-22-11-14(13-9-7-8-10-15(13)22)17(24)26-12(2)16(23)20-18(25)21-19(3,4)5/h7-12H,6H2,1-5H3,(H2,20,21,23,25). The van der Waals surface area contributed by atoms with E-state index in [4.69, 9.17) is 4.74 Å². The quantitative estimate of drug-likeness (QED) is 0.822. The van der Waals surface area contributed by atoms with Crippen LogP contribution >= 0.6 is 0 Å². The summed E-state index contributed by atoms with van der Waals surface area (Å²) in [7, 11) is 0. The van der Waals surface area contributed by atoms with Gasteiger partial charge in [-0.2, -0.15) is 0 Å². The van der Waals surface area contributed by atoms with Crippen LogP contribution in [0.3, 0.4) is 0 Å². The second-order valence-corrected chi connectivity index (χ2v) is 7.09. The summed E-state index contributed by atoms with van der Waals surface area (Å²) < 4.78 is 7.19. The van der Waals surface area contributed by atoms with E-state index in [0.29, 0.717) is 12.1 Å². The fraction of sp³-hybridized carbons (Fsp3) is 0.421. The average Bonchev–Trinajstić information content (AvgIpc) is 2.91. The number of carbonyl (C=O) groups excluding carboxylic acids is 3. The minimum absolute atomic E-state index is 0.390. The van der Waals surface area contributed by atoms with Gasteiger partial charge < -0.3 is 14.6 Å². The molecule has 0 aliphatic carbocycles. The lowest BCUT2D eigenvalue weighted by Gasteiger charge is -2.21. The van der Waals surface area contributed by atoms with E-state index in [0.717, 1.165) is 10.9 Å². The molecule has 0 aliphatic rings. The average molecular weight is 359 g/mol. The van der Waals surface area contributed by atoms with Crippen molar-refractivity contribution >= 4 is 28.8 Å². The molecule has 0 aliphatic heterocycles. The Kier molecular flexibility index (Phi) is 5.69. The van der Waals surface area contributed by atoms with Crippen molar-refractivity contribution in [3.05, 3.63) is 36.0 Å². The van der Waals surface area contributed by atoms with Crippen molar-refractivity contribution in [3.63, 3.8) is 0 Å². The van der Waals surface area contributed by atoms with Gasteiger partial charge in [-0.15, -0.1) is 0 Å². The van der Waals surface area contributed by atoms with Crippen LogP contribution in [-0.2, 0) is 16.1 Å². The van der Waals surface area contributed by atoms with Crippen molar-refractivity contribution in [1.82, 2.24) is 15.2 Å². The number of imide groups is 1. The Morgan fingerprint density at radius 2 is 1.85 bits per heavy atom. The van der Waals surface area contributed by atoms with E-state index in [2.05, 4.69) is 10.6 Å². The van der Waals surface area contributed by atoms with Gasteiger partial charge in [-0.05, 0) is 40.7 Å². The number of carbonyl (C=O) groups is 3. The molecule has 0 saturated heterocycles. The lowest BCUT2D eigenvalue weighted by molar-refractivity contribution is -0.127. The Hall–Kier alpha value is -2.83. The third-order valence-electron chi connectivity index (χ3n) is 3.73. The van der Waals surface area contributed by atoms with Crippen molar-refractivity contribution in [2.75, 3.05) is 0 Å². The van der Waals surface area contributed by atoms with Gasteiger partial charge in [0.05, 0.1) is 5.56 Å². The molecule has 0 spiro atoms. The number of amides is 3. The van der Waals surface area contributed by atoms with Crippen LogP contribution in [0, 0.1) is 0 Å². The van der Waals surface area contributed by atoms with Gasteiger partial charge in [0.15, 0.2) is 6.10 Å². The highest BCUT2D eigenvalue weighted by Crippen LogP contribution is 2.22. The van der Waals surface area contributed by atoms with Gasteiger partial charge in [0.2, 0.25) is 0 Å². The molecule has 2 N–H and O–H groups in total. The Morgan fingerprint density at radius 3 is 2.46 bits per heavy atom. The monoisotopic (exact) mass is 359 g/mol. The van der Waals surface area contributed by atoms with Crippen LogP contribution in [0.2, 0.25) is 0 Å². The van der Waals surface area contributed by atoms with Crippen molar-refractivity contribution in [1.29, 1.82) is 0 Å². The molecule has 26 heavy (non-hydrogen) atoms. The van der Waals surface area contributed by atoms with Crippen LogP contribution in [0.15, 0.2) is 30.5 Å². The van der Waals surface area contributed by atoms with Crippen LogP contribution < -0.4 is 10.6 Å². The maximum atomic E-state index is 12.5. The van der Waals surface area contributed by atoms with Gasteiger partial charge in [-0.1, -0.05) is 18.2 Å². The molecular formula is C19H25N3O4. The molecule has 0 saturated carbocycles. The fourth-order valence-corrected chi connectivity index (χ4v) is 2.53. The molecule has 1 heterocycles. The van der Waals surface area contributed by atoms with E-state index in [9.17, 15) is 14.4 Å². The van der Waals surface area contributed by atoms with Gasteiger partial charge >= 0.3 is 12.0 Å². The SMILES string of the molecule is CCn1cc(C(=O)OC(C)C(=O)NC(=O)NC(C)(C)C)c2ccccc21. The Morgan fingerprint density at radius 1 is 1.19 bits per heavy atom. The number of esters is 1. The number of nitrogens with one attached hydrogen (secondary N) is 2. The molecule has 3 amide bonds. The molecule has 140 valence electrons. The van der Waals surface area contributed by atoms with E-state index >= 15 is 0 Å². The summed E-state index contributed by atoms with van der Waals surface area (Å²) in [5.41, 5.74) is 0.830. The number of ether oxygens (including phenoxy) is 1. The Balaban J connectivity index is 2.08. The molecule has 1 aromatic carbocycles. The van der Waals surface area contributed by atoms with Gasteiger partial charge in [-0.25, -0.2) is 9.59 Å². The van der Waals surface area contributed by atoms with Crippen LogP contribution in [0.1, 0.15) is 45.0 Å². The summed E-state index contributed by atoms with van der Waals surface area (Å²) in [5.74, 6) is -1.29. The maximum Gasteiger partial charge on any atom is 0.341 e. The third-order valence-corrected chi connectivity index (χ3v) is 3.73. The first-order chi connectivity index (χ1) is 12.1. The number of fused-ring (bicyclic) bond motifs is 1. The first-order valence-corrected chi connectivity index (χ1v) is 8.54. The third kappa shape index (κ3) is 4.62. The van der Waals surface area contributed by atoms with Crippen molar-refractivity contribution in [3.8, 4) is 0 Å². The van der Waals surface area contributed by atoms with Crippen LogP contribution in [0.5, 0.6) is 0 Å². The molecule has 0 radical (unpaired) electrons. The van der Waals surface area contributed by atoms with E-state index < -0.39 is 29.6 Å². The summed E-state index contributed by atoms with van der Waals surface area (Å²) in [5, 5.41) is 5.55. The maximum absolute atomic E-state index is 12.5. The van der Waals surface area contributed by atoms with Gasteiger partial charge in [0, 0.05) is 29.2 Å². The van der Waals surface area contributed by atoms with E-state index in [1.54, 1.807) is 27.0 Å². The number of hydrogen-bond acceptors (Lipinski definition) is 4. The number of para-hydroxylation sites is 1. The van der Waals surface area contributed by atoms with Gasteiger partial charge in [0.25, 0.3) is 5.91 Å². The molecule has 7 nitrogen and oxygen atoms in total. The number of aryl methyl sites for hydroxylation is 1. The predicted octanol–water partition coefficient (Wildman–Crippen LogP) is 2.83. The molecule has 1 atom stereocenters. The second-order valence-electron chi connectivity index (χ2n) is 7.09. The predicted molar refractivity (Wildman–Crippen MR) is 98.9 cm³/mol. The van der Waals surface area contributed by atoms with Crippen LogP contribution in [0.4, 0.5) is 4.79 Å². The number of aromatic nitrogens is 1. The molecule has 0 fully saturated rings. The highest BCUT2D eigenvalue weighted by Gasteiger charge is 2.24. The first-order valence-electron chi connectivity index (χ1n) is 8.54. The number of urea groups is 1. The zero-order valence-electron chi connectivity index (χ0n) is 15.8. The smallest absolute Gasteiger partial charge is 0.341 e. The summed E-state index contributed by atoms with van der Waals surface area (Å²) >= 11 is 0. The topological polar surface area (TPSA) is 89.4 Å². The largest absolute Gasteiger partial charge is 0.449 e. The first kappa shape index (κ1) is 19.5. The van der Waals surface area contributed by atoms with Crippen molar-refractivity contribution in [2.24, 2.45) is 0 Å². The molecule has 0 bridgehead atoms. The zero-order chi connectivity index (χ0) is 19.5. The molecule has 2 aromatic rings. The zero-order valence-corrected chi connectivity index (χ0v) is 15.8.